The standard InChI is InChI=1S/C13H20N2O3/c1-3-6-11(16)9-14-10(2)12-7-4-5-8-13(12)15(17)18/h4-5,7-8,10-11,14,16H,3,6,9H2,1-2H3. The minimum atomic E-state index is -0.403. The van der Waals surface area contributed by atoms with E-state index in [2.05, 4.69) is 5.32 Å². The van der Waals surface area contributed by atoms with Crippen LogP contribution in [0.4, 0.5) is 5.69 Å². The molecule has 100 valence electrons. The van der Waals surface area contributed by atoms with Gasteiger partial charge in [-0.05, 0) is 13.3 Å². The van der Waals surface area contributed by atoms with Crippen LogP contribution < -0.4 is 5.32 Å². The van der Waals surface area contributed by atoms with Crippen LogP contribution in [-0.2, 0) is 0 Å². The number of aliphatic hydroxyl groups excluding tert-OH is 1. The van der Waals surface area contributed by atoms with Crippen molar-refractivity contribution in [3.63, 3.8) is 0 Å². The molecule has 0 aliphatic rings. The van der Waals surface area contributed by atoms with Gasteiger partial charge in [0.25, 0.3) is 5.69 Å². The summed E-state index contributed by atoms with van der Waals surface area (Å²) >= 11 is 0. The van der Waals surface area contributed by atoms with Crippen LogP contribution in [0.5, 0.6) is 0 Å². The van der Waals surface area contributed by atoms with E-state index in [1.165, 1.54) is 6.07 Å². The Balaban J connectivity index is 2.66. The molecule has 1 rings (SSSR count). The summed E-state index contributed by atoms with van der Waals surface area (Å²) in [6, 6.07) is 6.51. The third kappa shape index (κ3) is 4.09. The fourth-order valence-electron chi connectivity index (χ4n) is 1.88. The van der Waals surface area contributed by atoms with Crippen LogP contribution in [0.15, 0.2) is 24.3 Å². The highest BCUT2D eigenvalue weighted by molar-refractivity contribution is 5.41. The molecule has 0 fully saturated rings. The molecule has 0 aliphatic heterocycles. The van der Waals surface area contributed by atoms with Gasteiger partial charge in [-0.1, -0.05) is 31.5 Å². The zero-order valence-corrected chi connectivity index (χ0v) is 10.8. The zero-order valence-electron chi connectivity index (χ0n) is 10.8. The molecular formula is C13H20N2O3. The molecule has 1 aromatic carbocycles. The van der Waals surface area contributed by atoms with Gasteiger partial charge in [-0.15, -0.1) is 0 Å². The van der Waals surface area contributed by atoms with Gasteiger partial charge < -0.3 is 10.4 Å². The number of aliphatic hydroxyl groups is 1. The van der Waals surface area contributed by atoms with E-state index in [0.717, 1.165) is 12.8 Å². The number of hydrogen-bond donors (Lipinski definition) is 2. The smallest absolute Gasteiger partial charge is 0.274 e. The third-order valence-corrected chi connectivity index (χ3v) is 2.88. The van der Waals surface area contributed by atoms with Gasteiger partial charge in [0.05, 0.1) is 11.0 Å². The Kier molecular flexibility index (Phi) is 5.74. The molecular weight excluding hydrogens is 232 g/mol. The van der Waals surface area contributed by atoms with Crippen molar-refractivity contribution in [1.29, 1.82) is 0 Å². The van der Waals surface area contributed by atoms with Crippen LogP contribution >= 0.6 is 0 Å². The fraction of sp³-hybridized carbons (Fsp3) is 0.538. The summed E-state index contributed by atoms with van der Waals surface area (Å²) in [5.41, 5.74) is 0.758. The van der Waals surface area contributed by atoms with Crippen LogP contribution in [0.1, 0.15) is 38.3 Å². The van der Waals surface area contributed by atoms with Crippen molar-refractivity contribution in [2.45, 2.75) is 38.8 Å². The number of nitrogens with one attached hydrogen (secondary N) is 1. The second-order valence-electron chi connectivity index (χ2n) is 4.39. The SMILES string of the molecule is CCCC(O)CNC(C)c1ccccc1[N+](=O)[O-]. The first-order valence-corrected chi connectivity index (χ1v) is 6.21. The molecule has 0 saturated heterocycles. The van der Waals surface area contributed by atoms with Crippen molar-refractivity contribution < 1.29 is 10.0 Å². The van der Waals surface area contributed by atoms with E-state index in [9.17, 15) is 15.2 Å². The Bertz CT molecular complexity index is 396. The largest absolute Gasteiger partial charge is 0.392 e. The first-order chi connectivity index (χ1) is 8.56. The Labute approximate surface area is 107 Å². The topological polar surface area (TPSA) is 75.4 Å². The molecule has 2 N–H and O–H groups in total. The molecule has 0 amide bonds. The van der Waals surface area contributed by atoms with Crippen molar-refractivity contribution in [3.05, 3.63) is 39.9 Å². The summed E-state index contributed by atoms with van der Waals surface area (Å²) in [6.07, 6.45) is 1.25. The van der Waals surface area contributed by atoms with Crippen molar-refractivity contribution in [1.82, 2.24) is 5.32 Å². The maximum atomic E-state index is 10.9. The summed E-state index contributed by atoms with van der Waals surface area (Å²) in [7, 11) is 0. The molecule has 0 aliphatic carbocycles. The first-order valence-electron chi connectivity index (χ1n) is 6.21. The molecule has 2 atom stereocenters. The zero-order chi connectivity index (χ0) is 13.5. The number of nitrogens with zero attached hydrogens (tertiary/aromatic N) is 1. The molecule has 0 heterocycles. The minimum Gasteiger partial charge on any atom is -0.392 e. The second kappa shape index (κ2) is 7.08. The van der Waals surface area contributed by atoms with E-state index in [4.69, 9.17) is 0 Å². The van der Waals surface area contributed by atoms with Crippen LogP contribution in [0.3, 0.4) is 0 Å². The molecule has 18 heavy (non-hydrogen) atoms. The maximum absolute atomic E-state index is 10.9. The number of para-hydroxylation sites is 1. The maximum Gasteiger partial charge on any atom is 0.274 e. The molecule has 0 bridgehead atoms. The number of benzene rings is 1. The van der Waals surface area contributed by atoms with Gasteiger partial charge in [-0.3, -0.25) is 10.1 Å². The van der Waals surface area contributed by atoms with Crippen molar-refractivity contribution in [2.24, 2.45) is 0 Å². The van der Waals surface area contributed by atoms with Crippen molar-refractivity contribution >= 4 is 5.69 Å². The van der Waals surface area contributed by atoms with Gasteiger partial charge in [0.2, 0.25) is 0 Å². The number of nitro benzene ring substituents is 1. The lowest BCUT2D eigenvalue weighted by molar-refractivity contribution is -0.385. The lowest BCUT2D eigenvalue weighted by Gasteiger charge is -2.17. The summed E-state index contributed by atoms with van der Waals surface area (Å²) in [4.78, 5) is 10.5. The van der Waals surface area contributed by atoms with Gasteiger partial charge in [0.1, 0.15) is 0 Å². The average Bonchev–Trinajstić information content (AvgIpc) is 2.36. The van der Waals surface area contributed by atoms with E-state index >= 15 is 0 Å². The fourth-order valence-corrected chi connectivity index (χ4v) is 1.88. The predicted molar refractivity (Wildman–Crippen MR) is 70.4 cm³/mol. The molecule has 2 unspecified atom stereocenters. The predicted octanol–water partition coefficient (Wildman–Crippen LogP) is 2.41. The second-order valence-corrected chi connectivity index (χ2v) is 4.39. The molecule has 5 nitrogen and oxygen atoms in total. The summed E-state index contributed by atoms with van der Waals surface area (Å²) in [6.45, 7) is 4.32. The minimum absolute atomic E-state index is 0.113. The van der Waals surface area contributed by atoms with E-state index in [-0.39, 0.29) is 16.7 Å². The highest BCUT2D eigenvalue weighted by atomic mass is 16.6. The highest BCUT2D eigenvalue weighted by Gasteiger charge is 2.18. The summed E-state index contributed by atoms with van der Waals surface area (Å²) < 4.78 is 0. The molecule has 0 spiro atoms. The normalized spacial score (nSPS) is 14.2. The Morgan fingerprint density at radius 3 is 2.72 bits per heavy atom. The lowest BCUT2D eigenvalue weighted by atomic mass is 10.1. The van der Waals surface area contributed by atoms with E-state index in [1.807, 2.05) is 13.8 Å². The average molecular weight is 252 g/mol. The van der Waals surface area contributed by atoms with Gasteiger partial charge >= 0.3 is 0 Å². The van der Waals surface area contributed by atoms with Crippen LogP contribution in [0, 0.1) is 10.1 Å². The van der Waals surface area contributed by atoms with E-state index in [1.54, 1.807) is 18.2 Å². The molecule has 0 saturated carbocycles. The molecule has 0 radical (unpaired) electrons. The molecule has 0 aromatic heterocycles. The van der Waals surface area contributed by atoms with Crippen LogP contribution in [0.25, 0.3) is 0 Å². The monoisotopic (exact) mass is 252 g/mol. The number of hydrogen-bond acceptors (Lipinski definition) is 4. The van der Waals surface area contributed by atoms with E-state index < -0.39 is 6.10 Å². The highest BCUT2D eigenvalue weighted by Crippen LogP contribution is 2.24. The van der Waals surface area contributed by atoms with Crippen LogP contribution in [-0.4, -0.2) is 22.7 Å². The van der Waals surface area contributed by atoms with Crippen molar-refractivity contribution in [3.8, 4) is 0 Å². The quantitative estimate of drug-likeness (QED) is 0.577. The van der Waals surface area contributed by atoms with Crippen molar-refractivity contribution in [2.75, 3.05) is 6.54 Å². The molecule has 1 aromatic rings. The van der Waals surface area contributed by atoms with Gasteiger partial charge in [0, 0.05) is 24.2 Å². The first kappa shape index (κ1) is 14.6. The Morgan fingerprint density at radius 2 is 2.11 bits per heavy atom. The third-order valence-electron chi connectivity index (χ3n) is 2.88. The van der Waals surface area contributed by atoms with Gasteiger partial charge in [0.15, 0.2) is 0 Å². The Hall–Kier alpha value is -1.46. The summed E-state index contributed by atoms with van der Waals surface area (Å²) in [5, 5.41) is 23.6. The van der Waals surface area contributed by atoms with Gasteiger partial charge in [-0.25, -0.2) is 0 Å². The number of rotatable bonds is 7. The number of nitro groups is 1. The van der Waals surface area contributed by atoms with Crippen LogP contribution in [0.2, 0.25) is 0 Å². The summed E-state index contributed by atoms with van der Waals surface area (Å²) in [5.74, 6) is 0. The van der Waals surface area contributed by atoms with Gasteiger partial charge in [-0.2, -0.15) is 0 Å². The lowest BCUT2D eigenvalue weighted by Crippen LogP contribution is -2.29. The van der Waals surface area contributed by atoms with E-state index in [0.29, 0.717) is 12.1 Å². The molecule has 5 heteroatoms. The Morgan fingerprint density at radius 1 is 1.44 bits per heavy atom.